The molecule has 3 aromatic heterocycles. The van der Waals surface area contributed by atoms with Gasteiger partial charge in [-0.3, -0.25) is 9.13 Å². The van der Waals surface area contributed by atoms with E-state index in [4.69, 9.17) is 0 Å². The molecule has 0 bridgehead atoms. The zero-order valence-electron chi connectivity index (χ0n) is 17.7. The molecule has 0 aliphatic carbocycles. The number of pyridine rings is 1. The fourth-order valence-corrected chi connectivity index (χ4v) is 4.06. The van der Waals surface area contributed by atoms with Gasteiger partial charge in [0.25, 0.3) is 0 Å². The van der Waals surface area contributed by atoms with Crippen molar-refractivity contribution >= 4 is 5.65 Å². The monoisotopic (exact) mass is 420 g/mol. The van der Waals surface area contributed by atoms with Gasteiger partial charge in [-0.15, -0.1) is 0 Å². The summed E-state index contributed by atoms with van der Waals surface area (Å²) in [7, 11) is 0. The fraction of sp³-hybridized carbons (Fsp3) is 0.120. The zero-order valence-corrected chi connectivity index (χ0v) is 17.7. The zero-order chi connectivity index (χ0) is 22.2. The number of hydrogen-bond acceptors (Lipinski definition) is 4. The van der Waals surface area contributed by atoms with Crippen LogP contribution in [0.4, 0.5) is 0 Å². The van der Waals surface area contributed by atoms with Crippen LogP contribution in [0.2, 0.25) is 0 Å². The molecule has 156 valence electrons. The minimum Gasteiger partial charge on any atom is -0.291 e. The van der Waals surface area contributed by atoms with Crippen LogP contribution >= 0.6 is 0 Å². The van der Waals surface area contributed by atoms with E-state index in [0.717, 1.165) is 39.4 Å². The summed E-state index contributed by atoms with van der Waals surface area (Å²) in [4.78, 5) is 17.9. The Morgan fingerprint density at radius 3 is 2.69 bits per heavy atom. The molecule has 0 N–H and O–H groups in total. The number of hydrogen-bond donors (Lipinski definition) is 0. The third-order valence-electron chi connectivity index (χ3n) is 5.60. The van der Waals surface area contributed by atoms with Crippen molar-refractivity contribution in [2.24, 2.45) is 0 Å². The normalized spacial score (nSPS) is 11.0. The van der Waals surface area contributed by atoms with Crippen molar-refractivity contribution in [1.29, 1.82) is 5.26 Å². The quantitative estimate of drug-likeness (QED) is 0.442. The third kappa shape index (κ3) is 3.28. The molecule has 7 nitrogen and oxygen atoms in total. The first kappa shape index (κ1) is 19.5. The number of rotatable bonds is 4. The Morgan fingerprint density at radius 2 is 1.88 bits per heavy atom. The standard InChI is InChI=1S/C25H20N6O/c1-17-5-3-8-22(11-17)31-24(21-9-10-23-27-16-28-30(23)15-21)18(2)29(25(31)32)14-20-7-4-6-19(12-20)13-26/h3-12,15-16H,14H2,1-2H3. The maximum absolute atomic E-state index is 13.7. The molecule has 0 saturated carbocycles. The lowest BCUT2D eigenvalue weighted by atomic mass is 10.1. The molecule has 0 atom stereocenters. The number of nitriles is 1. The average molecular weight is 420 g/mol. The van der Waals surface area contributed by atoms with E-state index >= 15 is 0 Å². The summed E-state index contributed by atoms with van der Waals surface area (Å²) in [5, 5.41) is 13.5. The Hall–Kier alpha value is -4.44. The summed E-state index contributed by atoms with van der Waals surface area (Å²) < 4.78 is 5.20. The van der Waals surface area contributed by atoms with Crippen LogP contribution in [0.3, 0.4) is 0 Å². The maximum atomic E-state index is 13.7. The summed E-state index contributed by atoms with van der Waals surface area (Å²) in [5.74, 6) is 0. The van der Waals surface area contributed by atoms with Gasteiger partial charge in [0.2, 0.25) is 0 Å². The molecule has 5 rings (SSSR count). The molecule has 3 heterocycles. The van der Waals surface area contributed by atoms with E-state index in [2.05, 4.69) is 16.2 Å². The fourth-order valence-electron chi connectivity index (χ4n) is 4.06. The third-order valence-corrected chi connectivity index (χ3v) is 5.60. The molecule has 2 aromatic carbocycles. The van der Waals surface area contributed by atoms with Gasteiger partial charge in [-0.25, -0.2) is 14.3 Å². The van der Waals surface area contributed by atoms with Crippen LogP contribution in [-0.2, 0) is 6.54 Å². The van der Waals surface area contributed by atoms with Crippen molar-refractivity contribution in [1.82, 2.24) is 23.7 Å². The summed E-state index contributed by atoms with van der Waals surface area (Å²) >= 11 is 0. The molecule has 0 spiro atoms. The first-order chi connectivity index (χ1) is 15.5. The predicted octanol–water partition coefficient (Wildman–Crippen LogP) is 3.89. The van der Waals surface area contributed by atoms with Crippen molar-refractivity contribution in [3.8, 4) is 23.0 Å². The second kappa shape index (κ2) is 7.67. The molecule has 0 radical (unpaired) electrons. The molecule has 0 aliphatic heterocycles. The van der Waals surface area contributed by atoms with Gasteiger partial charge >= 0.3 is 5.69 Å². The van der Waals surface area contributed by atoms with E-state index < -0.39 is 0 Å². The van der Waals surface area contributed by atoms with Crippen LogP contribution in [0, 0.1) is 25.2 Å². The first-order valence-electron chi connectivity index (χ1n) is 10.2. The minimum atomic E-state index is -0.135. The summed E-state index contributed by atoms with van der Waals surface area (Å²) in [6.07, 6.45) is 3.39. The lowest BCUT2D eigenvalue weighted by Crippen LogP contribution is -2.24. The van der Waals surface area contributed by atoms with Gasteiger partial charge < -0.3 is 0 Å². The summed E-state index contributed by atoms with van der Waals surface area (Å²) in [6, 6.07) is 21.2. The Labute approximate surface area is 184 Å². The second-order valence-electron chi connectivity index (χ2n) is 7.77. The lowest BCUT2D eigenvalue weighted by molar-refractivity contribution is 0.723. The number of benzene rings is 2. The number of fused-ring (bicyclic) bond motifs is 1. The molecule has 0 fully saturated rings. The highest BCUT2D eigenvalue weighted by atomic mass is 16.1. The highest BCUT2D eigenvalue weighted by molar-refractivity contribution is 5.66. The molecule has 0 amide bonds. The van der Waals surface area contributed by atoms with E-state index in [1.165, 1.54) is 6.33 Å². The van der Waals surface area contributed by atoms with Crippen molar-refractivity contribution in [3.05, 3.63) is 106 Å². The smallest absolute Gasteiger partial charge is 0.291 e. The van der Waals surface area contributed by atoms with Crippen molar-refractivity contribution in [3.63, 3.8) is 0 Å². The molecular weight excluding hydrogens is 400 g/mol. The number of aryl methyl sites for hydroxylation is 1. The first-order valence-corrected chi connectivity index (χ1v) is 10.2. The summed E-state index contributed by atoms with van der Waals surface area (Å²) in [6.45, 7) is 4.33. The largest absolute Gasteiger partial charge is 0.333 e. The van der Waals surface area contributed by atoms with Crippen LogP contribution < -0.4 is 5.69 Å². The van der Waals surface area contributed by atoms with Crippen LogP contribution in [0.25, 0.3) is 22.6 Å². The average Bonchev–Trinajstić information content (AvgIpc) is 3.36. The van der Waals surface area contributed by atoms with E-state index in [1.807, 2.05) is 74.6 Å². The van der Waals surface area contributed by atoms with Gasteiger partial charge in [-0.05, 0) is 61.4 Å². The topological polar surface area (TPSA) is 80.9 Å². The molecule has 0 saturated heterocycles. The molecule has 32 heavy (non-hydrogen) atoms. The molecule has 7 heteroatoms. The van der Waals surface area contributed by atoms with E-state index in [1.54, 1.807) is 19.7 Å². The van der Waals surface area contributed by atoms with E-state index in [-0.39, 0.29) is 5.69 Å². The lowest BCUT2D eigenvalue weighted by Gasteiger charge is -2.10. The second-order valence-corrected chi connectivity index (χ2v) is 7.77. The van der Waals surface area contributed by atoms with E-state index in [0.29, 0.717) is 12.1 Å². The van der Waals surface area contributed by atoms with Gasteiger partial charge in [0.15, 0.2) is 5.65 Å². The van der Waals surface area contributed by atoms with Gasteiger partial charge in [0, 0.05) is 17.5 Å². The Morgan fingerprint density at radius 1 is 1.03 bits per heavy atom. The molecule has 0 aliphatic rings. The molecule has 0 unspecified atom stereocenters. The van der Waals surface area contributed by atoms with Gasteiger partial charge in [-0.1, -0.05) is 24.3 Å². The van der Waals surface area contributed by atoms with Crippen molar-refractivity contribution < 1.29 is 0 Å². The van der Waals surface area contributed by atoms with Crippen molar-refractivity contribution in [2.75, 3.05) is 0 Å². The number of imidazole rings is 1. The highest BCUT2D eigenvalue weighted by Gasteiger charge is 2.20. The maximum Gasteiger partial charge on any atom is 0.333 e. The predicted molar refractivity (Wildman–Crippen MR) is 122 cm³/mol. The Bertz CT molecular complexity index is 1560. The minimum absolute atomic E-state index is 0.135. The van der Waals surface area contributed by atoms with Crippen LogP contribution in [0.5, 0.6) is 0 Å². The number of aromatic nitrogens is 5. The van der Waals surface area contributed by atoms with Gasteiger partial charge in [-0.2, -0.15) is 10.4 Å². The van der Waals surface area contributed by atoms with Crippen molar-refractivity contribution in [2.45, 2.75) is 20.4 Å². The Balaban J connectivity index is 1.75. The van der Waals surface area contributed by atoms with Crippen LogP contribution in [0.15, 0.2) is 78.0 Å². The summed E-state index contributed by atoms with van der Waals surface area (Å²) in [5.41, 5.74) is 6.44. The Kier molecular flexibility index (Phi) is 4.68. The molecule has 5 aromatic rings. The molecular formula is C25H20N6O. The van der Waals surface area contributed by atoms with E-state index in [9.17, 15) is 10.1 Å². The SMILES string of the molecule is Cc1cccc(-n2c(-c3ccc4ncnn4c3)c(C)n(Cc3cccc(C#N)c3)c2=O)c1. The number of nitrogens with zero attached hydrogens (tertiary/aromatic N) is 6. The van der Waals surface area contributed by atoms with Crippen LogP contribution in [0.1, 0.15) is 22.4 Å². The van der Waals surface area contributed by atoms with Gasteiger partial charge in [0.05, 0.1) is 29.6 Å². The van der Waals surface area contributed by atoms with Gasteiger partial charge in [0.1, 0.15) is 6.33 Å². The van der Waals surface area contributed by atoms with Crippen LogP contribution in [-0.4, -0.2) is 23.7 Å². The highest BCUT2D eigenvalue weighted by Crippen LogP contribution is 2.27.